The van der Waals surface area contributed by atoms with E-state index in [0.717, 1.165) is 6.07 Å². The monoisotopic (exact) mass is 475 g/mol. The van der Waals surface area contributed by atoms with Crippen molar-refractivity contribution in [1.29, 1.82) is 0 Å². The lowest BCUT2D eigenvalue weighted by Crippen LogP contribution is -2.40. The number of halogens is 3. The fraction of sp³-hybridized carbons (Fsp3) is 0.273. The zero-order valence-electron chi connectivity index (χ0n) is 17.3. The average molecular weight is 475 g/mol. The smallest absolute Gasteiger partial charge is 0.324 e. The van der Waals surface area contributed by atoms with Gasteiger partial charge in [0.05, 0.1) is 11.3 Å². The van der Waals surface area contributed by atoms with Crippen molar-refractivity contribution in [3.63, 3.8) is 0 Å². The number of aromatic nitrogens is 2. The first-order valence-electron chi connectivity index (χ1n) is 10.2. The number of alkyl halides is 3. The lowest BCUT2D eigenvalue weighted by atomic mass is 9.98. The zero-order valence-corrected chi connectivity index (χ0v) is 18.1. The Balaban J connectivity index is 1.33. The maximum atomic E-state index is 13.2. The summed E-state index contributed by atoms with van der Waals surface area (Å²) in [5.41, 5.74) is -0.496. The normalized spacial score (nSPS) is 14.7. The SMILES string of the molecule is O=C(Nc1ccccc1)c1nnc(C2CCN(C(=O)Nc3ccccc3C(F)(F)F)CC2)s1. The van der Waals surface area contributed by atoms with Crippen LogP contribution in [-0.4, -0.2) is 40.1 Å². The van der Waals surface area contributed by atoms with Crippen LogP contribution in [0.1, 0.15) is 39.1 Å². The fourth-order valence-corrected chi connectivity index (χ4v) is 4.47. The standard InChI is InChI=1S/C22H20F3N5O2S/c23-22(24,25)16-8-4-5-9-17(16)27-21(32)30-12-10-14(11-13-30)19-28-29-20(33-19)18(31)26-15-6-2-1-3-7-15/h1-9,14H,10-13H2,(H,26,31)(H,27,32). The molecule has 0 radical (unpaired) electrons. The van der Waals surface area contributed by atoms with E-state index in [1.54, 1.807) is 12.1 Å². The number of amides is 3. The second-order valence-corrected chi connectivity index (χ2v) is 8.51. The Kier molecular flexibility index (Phi) is 6.59. The van der Waals surface area contributed by atoms with Crippen molar-refractivity contribution < 1.29 is 22.8 Å². The summed E-state index contributed by atoms with van der Waals surface area (Å²) in [6.45, 7) is 0.714. The van der Waals surface area contributed by atoms with Crippen molar-refractivity contribution in [2.45, 2.75) is 24.9 Å². The van der Waals surface area contributed by atoms with Gasteiger partial charge < -0.3 is 15.5 Å². The highest BCUT2D eigenvalue weighted by Gasteiger charge is 2.34. The molecule has 0 saturated carbocycles. The van der Waals surface area contributed by atoms with Crippen LogP contribution in [0.3, 0.4) is 0 Å². The van der Waals surface area contributed by atoms with Crippen LogP contribution in [0.25, 0.3) is 0 Å². The van der Waals surface area contributed by atoms with E-state index in [1.165, 1.54) is 34.4 Å². The van der Waals surface area contributed by atoms with Crippen LogP contribution >= 0.6 is 11.3 Å². The zero-order chi connectivity index (χ0) is 23.4. The molecule has 0 spiro atoms. The van der Waals surface area contributed by atoms with Crippen LogP contribution in [0.5, 0.6) is 0 Å². The minimum atomic E-state index is -4.56. The van der Waals surface area contributed by atoms with Gasteiger partial charge in [0.15, 0.2) is 0 Å². The number of nitrogens with zero attached hydrogens (tertiary/aromatic N) is 3. The maximum absolute atomic E-state index is 13.2. The van der Waals surface area contributed by atoms with Crippen molar-refractivity contribution >= 4 is 34.6 Å². The van der Waals surface area contributed by atoms with E-state index >= 15 is 0 Å². The molecular weight excluding hydrogens is 455 g/mol. The van der Waals surface area contributed by atoms with Gasteiger partial charge in [-0.2, -0.15) is 13.2 Å². The van der Waals surface area contributed by atoms with E-state index in [4.69, 9.17) is 0 Å². The van der Waals surface area contributed by atoms with Crippen LogP contribution in [0.15, 0.2) is 54.6 Å². The molecule has 0 aliphatic carbocycles. The summed E-state index contributed by atoms with van der Waals surface area (Å²) in [6.07, 6.45) is -3.41. The van der Waals surface area contributed by atoms with Gasteiger partial charge in [-0.3, -0.25) is 4.79 Å². The van der Waals surface area contributed by atoms with Gasteiger partial charge >= 0.3 is 12.2 Å². The predicted molar refractivity (Wildman–Crippen MR) is 118 cm³/mol. The van der Waals surface area contributed by atoms with Crippen LogP contribution in [0.2, 0.25) is 0 Å². The quantitative estimate of drug-likeness (QED) is 0.542. The molecule has 0 atom stereocenters. The minimum absolute atomic E-state index is 0.0206. The number of anilines is 2. The minimum Gasteiger partial charge on any atom is -0.324 e. The Bertz CT molecular complexity index is 1130. The number of urea groups is 1. The Morgan fingerprint density at radius 1 is 0.939 bits per heavy atom. The molecule has 0 bridgehead atoms. The van der Waals surface area contributed by atoms with Gasteiger partial charge in [0.1, 0.15) is 5.01 Å². The highest BCUT2D eigenvalue weighted by molar-refractivity contribution is 7.13. The van der Waals surface area contributed by atoms with Gasteiger partial charge in [-0.15, -0.1) is 10.2 Å². The summed E-state index contributed by atoms with van der Waals surface area (Å²) >= 11 is 1.21. The highest BCUT2D eigenvalue weighted by atomic mass is 32.1. The van der Waals surface area contributed by atoms with Gasteiger partial charge in [0.2, 0.25) is 5.01 Å². The van der Waals surface area contributed by atoms with E-state index in [2.05, 4.69) is 20.8 Å². The number of hydrogen-bond acceptors (Lipinski definition) is 5. The molecule has 2 aromatic carbocycles. The second kappa shape index (κ2) is 9.57. The number of para-hydroxylation sites is 2. The van der Waals surface area contributed by atoms with E-state index in [1.807, 2.05) is 18.2 Å². The molecule has 1 saturated heterocycles. The third kappa shape index (κ3) is 5.48. The van der Waals surface area contributed by atoms with Crippen LogP contribution in [0.4, 0.5) is 29.3 Å². The van der Waals surface area contributed by atoms with Crippen molar-refractivity contribution in [3.8, 4) is 0 Å². The van der Waals surface area contributed by atoms with Gasteiger partial charge in [-0.1, -0.05) is 41.7 Å². The molecule has 7 nitrogen and oxygen atoms in total. The summed E-state index contributed by atoms with van der Waals surface area (Å²) < 4.78 is 39.5. The van der Waals surface area contributed by atoms with E-state index < -0.39 is 17.8 Å². The van der Waals surface area contributed by atoms with E-state index in [0.29, 0.717) is 36.6 Å². The van der Waals surface area contributed by atoms with Gasteiger partial charge in [0.25, 0.3) is 5.91 Å². The number of likely N-dealkylation sites (tertiary alicyclic amines) is 1. The van der Waals surface area contributed by atoms with Crippen molar-refractivity contribution in [1.82, 2.24) is 15.1 Å². The first kappa shape index (κ1) is 22.7. The maximum Gasteiger partial charge on any atom is 0.418 e. The van der Waals surface area contributed by atoms with Crippen LogP contribution < -0.4 is 10.6 Å². The average Bonchev–Trinajstić information content (AvgIpc) is 3.30. The molecule has 1 aliphatic rings. The molecule has 3 aromatic rings. The predicted octanol–water partition coefficient (Wildman–Crippen LogP) is 5.22. The van der Waals surface area contributed by atoms with Gasteiger partial charge in [-0.25, -0.2) is 4.79 Å². The van der Waals surface area contributed by atoms with Crippen molar-refractivity contribution in [2.24, 2.45) is 0 Å². The molecule has 1 aromatic heterocycles. The third-order valence-corrected chi connectivity index (χ3v) is 6.36. The summed E-state index contributed by atoms with van der Waals surface area (Å²) in [7, 11) is 0. The molecule has 1 aliphatic heterocycles. The Morgan fingerprint density at radius 2 is 1.61 bits per heavy atom. The molecule has 2 N–H and O–H groups in total. The molecular formula is C22H20F3N5O2S. The molecule has 0 unspecified atom stereocenters. The van der Waals surface area contributed by atoms with Crippen LogP contribution in [-0.2, 0) is 6.18 Å². The molecule has 172 valence electrons. The Labute approximate surface area is 191 Å². The van der Waals surface area contributed by atoms with E-state index in [9.17, 15) is 22.8 Å². The number of carbonyl (C=O) groups is 2. The first-order valence-corrected chi connectivity index (χ1v) is 11.0. The summed E-state index contributed by atoms with van der Waals surface area (Å²) in [5.74, 6) is -0.322. The largest absolute Gasteiger partial charge is 0.418 e. The number of carbonyl (C=O) groups excluding carboxylic acids is 2. The second-order valence-electron chi connectivity index (χ2n) is 7.50. The van der Waals surface area contributed by atoms with Gasteiger partial charge in [-0.05, 0) is 37.1 Å². The molecule has 2 heterocycles. The molecule has 3 amide bonds. The Morgan fingerprint density at radius 3 is 2.30 bits per heavy atom. The number of piperidine rings is 1. The number of benzene rings is 2. The number of nitrogens with one attached hydrogen (secondary N) is 2. The van der Waals surface area contributed by atoms with Crippen molar-refractivity contribution in [2.75, 3.05) is 23.7 Å². The highest BCUT2D eigenvalue weighted by Crippen LogP contribution is 2.35. The lowest BCUT2D eigenvalue weighted by Gasteiger charge is -2.31. The molecule has 11 heteroatoms. The van der Waals surface area contributed by atoms with Gasteiger partial charge in [0, 0.05) is 24.7 Å². The molecule has 33 heavy (non-hydrogen) atoms. The molecule has 4 rings (SSSR count). The number of rotatable bonds is 4. The summed E-state index contributed by atoms with van der Waals surface area (Å²) in [6, 6.07) is 13.3. The number of hydrogen-bond donors (Lipinski definition) is 2. The summed E-state index contributed by atoms with van der Waals surface area (Å²) in [4.78, 5) is 26.4. The summed E-state index contributed by atoms with van der Waals surface area (Å²) in [5, 5.41) is 14.2. The fourth-order valence-electron chi connectivity index (χ4n) is 3.56. The van der Waals surface area contributed by atoms with E-state index in [-0.39, 0.29) is 22.5 Å². The Hall–Kier alpha value is -3.47. The molecule has 1 fully saturated rings. The van der Waals surface area contributed by atoms with Crippen molar-refractivity contribution in [3.05, 3.63) is 70.2 Å². The first-order chi connectivity index (χ1) is 15.8. The van der Waals surface area contributed by atoms with Crippen LogP contribution in [0, 0.1) is 0 Å². The lowest BCUT2D eigenvalue weighted by molar-refractivity contribution is -0.136. The topological polar surface area (TPSA) is 87.2 Å². The third-order valence-electron chi connectivity index (χ3n) is 5.27.